The summed E-state index contributed by atoms with van der Waals surface area (Å²) in [5.41, 5.74) is 0. The lowest BCUT2D eigenvalue weighted by atomic mass is 9.88. The molecule has 0 aromatic heterocycles. The van der Waals surface area contributed by atoms with Gasteiger partial charge in [0.25, 0.3) is 5.79 Å². The highest BCUT2D eigenvalue weighted by molar-refractivity contribution is 5.77. The highest BCUT2D eigenvalue weighted by Gasteiger charge is 2.60. The van der Waals surface area contributed by atoms with E-state index in [0.29, 0.717) is 12.8 Å². The lowest BCUT2D eigenvalue weighted by Gasteiger charge is -2.50. The van der Waals surface area contributed by atoms with Crippen molar-refractivity contribution < 1.29 is 104 Å². The topological polar surface area (TPSA) is 373 Å². The molecule has 23 nitrogen and oxygen atoms in total. The highest BCUT2D eigenvalue weighted by atomic mass is 16.8. The van der Waals surface area contributed by atoms with Gasteiger partial charge < -0.3 is 100 Å². The average Bonchev–Trinajstić information content (AvgIpc) is 0.771. The fraction of sp³-hybridized carbons (Fsp3) is 0.926. The molecule has 0 spiro atoms. The first-order valence-electron chi connectivity index (χ1n) is 35.6. The predicted octanol–water partition coefficient (Wildman–Crippen LogP) is 6.68. The first kappa shape index (κ1) is 82.7. The van der Waals surface area contributed by atoms with Gasteiger partial charge in [0, 0.05) is 19.8 Å². The van der Waals surface area contributed by atoms with E-state index in [4.69, 9.17) is 28.4 Å². The lowest BCUT2D eigenvalue weighted by molar-refractivity contribution is -0.386. The van der Waals surface area contributed by atoms with Crippen LogP contribution in [-0.4, -0.2) is 215 Å². The van der Waals surface area contributed by atoms with Crippen LogP contribution >= 0.6 is 0 Å². The fourth-order valence-corrected chi connectivity index (χ4v) is 12.5. The second-order valence-corrected chi connectivity index (χ2v) is 26.1. The monoisotopic (exact) mass is 1310 g/mol. The van der Waals surface area contributed by atoms with Crippen molar-refractivity contribution in [2.24, 2.45) is 0 Å². The predicted molar refractivity (Wildman–Crippen MR) is 343 cm³/mol. The summed E-state index contributed by atoms with van der Waals surface area (Å²) in [6.07, 6.45) is 18.2. The first-order chi connectivity index (χ1) is 43.9. The number of aliphatic hydroxyl groups is 11. The van der Waals surface area contributed by atoms with Crippen LogP contribution in [0.3, 0.4) is 0 Å². The van der Waals surface area contributed by atoms with Crippen molar-refractivity contribution in [3.63, 3.8) is 0 Å². The van der Waals surface area contributed by atoms with Gasteiger partial charge in [0.15, 0.2) is 12.6 Å². The summed E-state index contributed by atoms with van der Waals surface area (Å²) in [4.78, 5) is 38.6. The maximum atomic E-state index is 13.5. The molecule has 3 aliphatic rings. The van der Waals surface area contributed by atoms with E-state index < -0.39 is 155 Å². The third kappa shape index (κ3) is 31.5. The zero-order valence-electron chi connectivity index (χ0n) is 55.7. The molecule has 18 unspecified atom stereocenters. The van der Waals surface area contributed by atoms with Crippen molar-refractivity contribution in [1.82, 2.24) is 10.6 Å². The van der Waals surface area contributed by atoms with Gasteiger partial charge in [-0.15, -0.1) is 0 Å². The number of aliphatic carboxylic acids is 1. The standard InChI is InChI=1S/C68H126N2O21/c1-4-6-8-10-12-14-16-18-20-22-24-26-28-30-32-34-36-38-40-42-55(78)70-49(50(75)41-39-37-35-33-31-29-27-25-23-21-19-17-15-13-11-9-7-5-2)47-86-65-60(82)59(81)62(54(46-73)88-65)89-66-61(83)64(58(80)53(45-72)87-66)91-68(67(84)85)43-51(76)56(69-48(3)74)63(90-68)57(79)52(77)44-71/h39,41,49-54,56-66,71-73,75-77,79-83H,4-38,40,42-47H2,1-3H3,(H,69,74)(H,70,78)(H,84,85)/b41-39+. The normalized spacial score (nSPS) is 28.4. The van der Waals surface area contributed by atoms with Crippen molar-refractivity contribution in [2.75, 3.05) is 26.4 Å². The number of nitrogens with one attached hydrogen (secondary N) is 2. The number of amides is 2. The van der Waals surface area contributed by atoms with Crippen molar-refractivity contribution in [3.8, 4) is 0 Å². The van der Waals surface area contributed by atoms with E-state index in [1.165, 1.54) is 173 Å². The minimum absolute atomic E-state index is 0.205. The van der Waals surface area contributed by atoms with Crippen LogP contribution in [0.2, 0.25) is 0 Å². The Morgan fingerprint density at radius 2 is 1.02 bits per heavy atom. The number of ether oxygens (including phenoxy) is 6. The summed E-state index contributed by atoms with van der Waals surface area (Å²) in [5, 5.41) is 136. The Labute approximate surface area is 543 Å². The number of hydrogen-bond donors (Lipinski definition) is 14. The molecule has 0 radical (unpaired) electrons. The molecule has 2 amide bonds. The number of carbonyl (C=O) groups excluding carboxylic acids is 2. The Morgan fingerprint density at radius 3 is 1.46 bits per heavy atom. The summed E-state index contributed by atoms with van der Waals surface area (Å²) in [7, 11) is 0. The molecule has 3 saturated heterocycles. The van der Waals surface area contributed by atoms with Gasteiger partial charge in [-0.3, -0.25) is 9.59 Å². The average molecular weight is 1310 g/mol. The summed E-state index contributed by atoms with van der Waals surface area (Å²) >= 11 is 0. The van der Waals surface area contributed by atoms with E-state index in [-0.39, 0.29) is 12.3 Å². The molecular weight excluding hydrogens is 1180 g/mol. The number of rotatable bonds is 54. The van der Waals surface area contributed by atoms with E-state index in [1.807, 2.05) is 6.08 Å². The number of carbonyl (C=O) groups is 3. The molecule has 3 rings (SSSR count). The third-order valence-corrected chi connectivity index (χ3v) is 18.2. The van der Waals surface area contributed by atoms with Gasteiger partial charge in [0.2, 0.25) is 11.8 Å². The Hall–Kier alpha value is -2.53. The molecule has 23 heteroatoms. The smallest absolute Gasteiger partial charge is 0.364 e. The Morgan fingerprint density at radius 1 is 0.571 bits per heavy atom. The van der Waals surface area contributed by atoms with Crippen LogP contribution in [0.4, 0.5) is 0 Å². The molecular formula is C68H126N2O21. The molecule has 3 fully saturated rings. The van der Waals surface area contributed by atoms with Crippen LogP contribution < -0.4 is 10.6 Å². The van der Waals surface area contributed by atoms with Crippen molar-refractivity contribution in [1.29, 1.82) is 0 Å². The van der Waals surface area contributed by atoms with Crippen LogP contribution in [0.1, 0.15) is 265 Å². The molecule has 0 aromatic carbocycles. The number of aliphatic hydroxyl groups excluding tert-OH is 11. The van der Waals surface area contributed by atoms with Gasteiger partial charge in [-0.2, -0.15) is 0 Å². The summed E-state index contributed by atoms with van der Waals surface area (Å²) in [5.74, 6) is -6.13. The molecule has 0 aromatic rings. The van der Waals surface area contributed by atoms with Gasteiger partial charge in [-0.05, 0) is 19.3 Å². The Balaban J connectivity index is 1.60. The Kier molecular flexibility index (Phi) is 44.6. The highest BCUT2D eigenvalue weighted by Crippen LogP contribution is 2.39. The third-order valence-electron chi connectivity index (χ3n) is 18.2. The molecule has 18 atom stereocenters. The lowest BCUT2D eigenvalue weighted by Crippen LogP contribution is -2.70. The van der Waals surface area contributed by atoms with Gasteiger partial charge >= 0.3 is 5.97 Å². The minimum Gasteiger partial charge on any atom is -0.477 e. The van der Waals surface area contributed by atoms with Crippen molar-refractivity contribution in [2.45, 2.75) is 375 Å². The molecule has 14 N–H and O–H groups in total. The zero-order chi connectivity index (χ0) is 66.8. The second kappa shape index (κ2) is 49.1. The van der Waals surface area contributed by atoms with Crippen LogP contribution in [0, 0.1) is 0 Å². The maximum Gasteiger partial charge on any atom is 0.364 e. The number of carboxylic acids is 1. The van der Waals surface area contributed by atoms with E-state index in [2.05, 4.69) is 24.5 Å². The van der Waals surface area contributed by atoms with Crippen molar-refractivity contribution >= 4 is 17.8 Å². The molecule has 3 heterocycles. The molecule has 3 aliphatic heterocycles. The van der Waals surface area contributed by atoms with Crippen LogP contribution in [0.5, 0.6) is 0 Å². The number of hydrogen-bond acceptors (Lipinski definition) is 20. The first-order valence-corrected chi connectivity index (χ1v) is 35.6. The summed E-state index contributed by atoms with van der Waals surface area (Å²) in [6.45, 7) is 2.16. The summed E-state index contributed by atoms with van der Waals surface area (Å²) < 4.78 is 34.8. The van der Waals surface area contributed by atoms with E-state index in [9.17, 15) is 75.7 Å². The SMILES string of the molecule is CCCCCCCCCCCCCCCCCC/C=C/C(O)C(COC1OC(CO)C(OC2OC(CO)C(O)C(OC3(C(=O)O)CC(O)C(NC(C)=O)C(C(O)C(O)CO)O3)C2O)C(O)C1O)NC(=O)CCCCCCCCCCCCCCCCCCCCC. The number of unbranched alkanes of at least 4 members (excludes halogenated alkanes) is 34. The van der Waals surface area contributed by atoms with Gasteiger partial charge in [-0.25, -0.2) is 4.79 Å². The molecule has 0 saturated carbocycles. The number of allylic oxidation sites excluding steroid dienone is 1. The second-order valence-electron chi connectivity index (χ2n) is 26.1. The molecule has 0 aliphatic carbocycles. The van der Waals surface area contributed by atoms with Crippen LogP contribution in [0.25, 0.3) is 0 Å². The summed E-state index contributed by atoms with van der Waals surface area (Å²) in [6, 6.07) is -2.61. The quantitative estimate of drug-likeness (QED) is 0.0223. The van der Waals surface area contributed by atoms with E-state index in [1.54, 1.807) is 6.08 Å². The van der Waals surface area contributed by atoms with Gasteiger partial charge in [-0.1, -0.05) is 238 Å². The van der Waals surface area contributed by atoms with E-state index in [0.717, 1.165) is 51.9 Å². The van der Waals surface area contributed by atoms with Crippen LogP contribution in [-0.2, 0) is 42.8 Å². The minimum atomic E-state index is -3.08. The van der Waals surface area contributed by atoms with Gasteiger partial charge in [0.1, 0.15) is 67.1 Å². The maximum absolute atomic E-state index is 13.5. The Bertz CT molecular complexity index is 1890. The van der Waals surface area contributed by atoms with Crippen molar-refractivity contribution in [3.05, 3.63) is 12.2 Å². The largest absolute Gasteiger partial charge is 0.477 e. The number of carboxylic acid groups (broad SMARTS) is 1. The molecule has 534 valence electrons. The van der Waals surface area contributed by atoms with E-state index >= 15 is 0 Å². The molecule has 91 heavy (non-hydrogen) atoms. The fourth-order valence-electron chi connectivity index (χ4n) is 12.5. The molecule has 0 bridgehead atoms. The van der Waals surface area contributed by atoms with Crippen LogP contribution in [0.15, 0.2) is 12.2 Å². The zero-order valence-corrected chi connectivity index (χ0v) is 55.7. The van der Waals surface area contributed by atoms with Gasteiger partial charge in [0.05, 0.1) is 50.7 Å².